The Kier molecular flexibility index (Phi) is 5.04. The van der Waals surface area contributed by atoms with Gasteiger partial charge in [-0.1, -0.05) is 12.1 Å². The zero-order valence-electron chi connectivity index (χ0n) is 16.9. The number of benzene rings is 1. The second-order valence-electron chi connectivity index (χ2n) is 8.04. The van der Waals surface area contributed by atoms with Gasteiger partial charge in [0, 0.05) is 5.54 Å². The van der Waals surface area contributed by atoms with Crippen LogP contribution in [0.5, 0.6) is 11.5 Å². The van der Waals surface area contributed by atoms with E-state index < -0.39 is 0 Å². The Morgan fingerprint density at radius 3 is 2.76 bits per heavy atom. The number of fused-ring (bicyclic) bond motifs is 2. The number of hydrogen-bond acceptors (Lipinski definition) is 7. The van der Waals surface area contributed by atoms with Crippen molar-refractivity contribution in [3.63, 3.8) is 0 Å². The lowest BCUT2D eigenvalue weighted by molar-refractivity contribution is 0.0923. The number of ether oxygens (including phenoxy) is 2. The summed E-state index contributed by atoms with van der Waals surface area (Å²) < 4.78 is 11.8. The average Bonchev–Trinajstić information content (AvgIpc) is 3.02. The van der Waals surface area contributed by atoms with E-state index >= 15 is 0 Å². The van der Waals surface area contributed by atoms with E-state index in [1.165, 1.54) is 17.7 Å². The van der Waals surface area contributed by atoms with Gasteiger partial charge in [0.2, 0.25) is 0 Å². The van der Waals surface area contributed by atoms with E-state index in [2.05, 4.69) is 20.6 Å². The van der Waals surface area contributed by atoms with Gasteiger partial charge in [-0.05, 0) is 45.4 Å². The maximum Gasteiger partial charge on any atom is 0.262 e. The number of aromatic nitrogens is 2. The Balaban J connectivity index is 1.53. The number of rotatable bonds is 4. The quantitative estimate of drug-likeness (QED) is 0.678. The number of carbonyl (C=O) groups excluding carboxylic acids is 1. The summed E-state index contributed by atoms with van der Waals surface area (Å²) in [6, 6.07) is 7.63. The molecule has 2 N–H and O–H groups in total. The first-order valence-electron chi connectivity index (χ1n) is 9.51. The SMILES string of the molecule is Cc1c(C(=O)NC(C)(C)C)sc2ncnc(NC[C@H]3COc4ccccc4O3)c12. The molecule has 1 aromatic carbocycles. The number of thiophene rings is 1. The molecule has 0 fully saturated rings. The Labute approximate surface area is 173 Å². The molecule has 29 heavy (non-hydrogen) atoms. The number of carbonyl (C=O) groups is 1. The Bertz CT molecular complexity index is 1060. The molecule has 1 atom stereocenters. The fourth-order valence-electron chi connectivity index (χ4n) is 3.19. The highest BCUT2D eigenvalue weighted by atomic mass is 32.1. The van der Waals surface area contributed by atoms with E-state index in [-0.39, 0.29) is 17.6 Å². The van der Waals surface area contributed by atoms with Crippen LogP contribution in [-0.2, 0) is 0 Å². The number of amides is 1. The normalized spacial score (nSPS) is 15.9. The van der Waals surface area contributed by atoms with Crippen LogP contribution in [0.2, 0.25) is 0 Å². The summed E-state index contributed by atoms with van der Waals surface area (Å²) in [5.74, 6) is 2.10. The lowest BCUT2D eigenvalue weighted by Gasteiger charge is -2.26. The topological polar surface area (TPSA) is 85.4 Å². The highest BCUT2D eigenvalue weighted by Gasteiger charge is 2.24. The van der Waals surface area contributed by atoms with E-state index in [0.29, 0.717) is 23.8 Å². The number of aryl methyl sites for hydroxylation is 1. The van der Waals surface area contributed by atoms with E-state index in [4.69, 9.17) is 9.47 Å². The number of anilines is 1. The van der Waals surface area contributed by atoms with Crippen LogP contribution < -0.4 is 20.1 Å². The molecule has 3 heterocycles. The van der Waals surface area contributed by atoms with Gasteiger partial charge in [-0.25, -0.2) is 9.97 Å². The second-order valence-corrected chi connectivity index (χ2v) is 9.04. The summed E-state index contributed by atoms with van der Waals surface area (Å²) in [4.78, 5) is 22.9. The minimum absolute atomic E-state index is 0.0930. The molecule has 0 saturated carbocycles. The van der Waals surface area contributed by atoms with E-state index in [1.807, 2.05) is 52.0 Å². The minimum Gasteiger partial charge on any atom is -0.486 e. The van der Waals surface area contributed by atoms with Gasteiger partial charge >= 0.3 is 0 Å². The molecule has 1 amide bonds. The smallest absolute Gasteiger partial charge is 0.262 e. The first-order valence-corrected chi connectivity index (χ1v) is 10.3. The minimum atomic E-state index is -0.304. The van der Waals surface area contributed by atoms with Crippen molar-refractivity contribution in [2.45, 2.75) is 39.3 Å². The van der Waals surface area contributed by atoms with Crippen LogP contribution in [0.1, 0.15) is 36.0 Å². The summed E-state index contributed by atoms with van der Waals surface area (Å²) in [6.45, 7) is 8.81. The summed E-state index contributed by atoms with van der Waals surface area (Å²) in [6.07, 6.45) is 1.37. The van der Waals surface area contributed by atoms with Crippen LogP contribution >= 0.6 is 11.3 Å². The van der Waals surface area contributed by atoms with Gasteiger partial charge in [-0.2, -0.15) is 0 Å². The monoisotopic (exact) mass is 412 g/mol. The van der Waals surface area contributed by atoms with E-state index in [1.54, 1.807) is 0 Å². The molecule has 7 nitrogen and oxygen atoms in total. The van der Waals surface area contributed by atoms with Gasteiger partial charge in [0.1, 0.15) is 29.7 Å². The van der Waals surface area contributed by atoms with Crippen LogP contribution in [0.25, 0.3) is 10.2 Å². The molecular weight excluding hydrogens is 388 g/mol. The van der Waals surface area contributed by atoms with Crippen molar-refractivity contribution in [2.75, 3.05) is 18.5 Å². The van der Waals surface area contributed by atoms with Crippen molar-refractivity contribution >= 4 is 33.3 Å². The van der Waals surface area contributed by atoms with E-state index in [9.17, 15) is 4.79 Å². The molecule has 3 aromatic rings. The summed E-state index contributed by atoms with van der Waals surface area (Å²) >= 11 is 1.38. The fourth-order valence-corrected chi connectivity index (χ4v) is 4.24. The number of hydrogen-bond donors (Lipinski definition) is 2. The Morgan fingerprint density at radius 1 is 1.24 bits per heavy atom. The molecule has 152 valence electrons. The van der Waals surface area contributed by atoms with Gasteiger partial charge in [0.05, 0.1) is 16.8 Å². The molecule has 0 unspecified atom stereocenters. The third kappa shape index (κ3) is 4.12. The molecule has 0 spiro atoms. The largest absolute Gasteiger partial charge is 0.486 e. The van der Waals surface area contributed by atoms with E-state index in [0.717, 1.165) is 27.3 Å². The Morgan fingerprint density at radius 2 is 2.00 bits per heavy atom. The highest BCUT2D eigenvalue weighted by molar-refractivity contribution is 7.20. The Hall–Kier alpha value is -2.87. The van der Waals surface area contributed by atoms with Gasteiger partial charge in [0.15, 0.2) is 11.5 Å². The van der Waals surface area contributed by atoms with Crippen molar-refractivity contribution in [1.29, 1.82) is 0 Å². The molecule has 8 heteroatoms. The molecule has 1 aliphatic heterocycles. The summed E-state index contributed by atoms with van der Waals surface area (Å²) in [7, 11) is 0. The third-order valence-electron chi connectivity index (χ3n) is 4.49. The predicted octanol–water partition coefficient (Wildman–Crippen LogP) is 3.78. The van der Waals surface area contributed by atoms with Crippen LogP contribution in [0.15, 0.2) is 30.6 Å². The average molecular weight is 413 g/mol. The first-order chi connectivity index (χ1) is 13.8. The molecule has 1 aliphatic rings. The molecular formula is C21H24N4O3S. The van der Waals surface area contributed by atoms with Crippen LogP contribution in [0.3, 0.4) is 0 Å². The van der Waals surface area contributed by atoms with Crippen molar-refractivity contribution in [1.82, 2.24) is 15.3 Å². The van der Waals surface area contributed by atoms with Crippen molar-refractivity contribution in [3.05, 3.63) is 41.0 Å². The highest BCUT2D eigenvalue weighted by Crippen LogP contribution is 2.34. The maximum absolute atomic E-state index is 12.7. The molecule has 4 rings (SSSR count). The van der Waals surface area contributed by atoms with Crippen LogP contribution in [-0.4, -0.2) is 40.7 Å². The van der Waals surface area contributed by atoms with Gasteiger partial charge in [0.25, 0.3) is 5.91 Å². The van der Waals surface area contributed by atoms with Crippen molar-refractivity contribution in [2.24, 2.45) is 0 Å². The van der Waals surface area contributed by atoms with Gasteiger partial charge in [-0.15, -0.1) is 11.3 Å². The predicted molar refractivity (Wildman–Crippen MR) is 114 cm³/mol. The lowest BCUT2D eigenvalue weighted by Crippen LogP contribution is -2.40. The zero-order chi connectivity index (χ0) is 20.6. The molecule has 0 aliphatic carbocycles. The molecule has 0 radical (unpaired) electrons. The number of para-hydroxylation sites is 2. The zero-order valence-corrected chi connectivity index (χ0v) is 17.7. The molecule has 0 bridgehead atoms. The van der Waals surface area contributed by atoms with Crippen molar-refractivity contribution in [3.8, 4) is 11.5 Å². The second kappa shape index (κ2) is 7.51. The first kappa shape index (κ1) is 19.4. The standard InChI is InChI=1S/C21H24N4O3S/c1-12-16-18(22-9-13-10-27-14-7-5-6-8-15(14)28-13)23-11-24-20(16)29-17(12)19(26)25-21(2,3)4/h5-8,11,13H,9-10H2,1-4H3,(H,25,26)(H,22,23,24)/t13-/m0/s1. The fraction of sp³-hybridized carbons (Fsp3) is 0.381. The summed E-state index contributed by atoms with van der Waals surface area (Å²) in [5, 5.41) is 7.23. The van der Waals surface area contributed by atoms with Crippen LogP contribution in [0, 0.1) is 6.92 Å². The van der Waals surface area contributed by atoms with Gasteiger partial charge in [-0.3, -0.25) is 4.79 Å². The van der Waals surface area contributed by atoms with Gasteiger partial charge < -0.3 is 20.1 Å². The third-order valence-corrected chi connectivity index (χ3v) is 5.68. The van der Waals surface area contributed by atoms with Crippen molar-refractivity contribution < 1.29 is 14.3 Å². The molecule has 2 aromatic heterocycles. The lowest BCUT2D eigenvalue weighted by atomic mass is 10.1. The number of nitrogens with one attached hydrogen (secondary N) is 2. The number of nitrogens with zero attached hydrogens (tertiary/aromatic N) is 2. The molecule has 0 saturated heterocycles. The summed E-state index contributed by atoms with van der Waals surface area (Å²) in [5.41, 5.74) is 0.571. The maximum atomic E-state index is 12.7. The van der Waals surface area contributed by atoms with Crippen LogP contribution in [0.4, 0.5) is 5.82 Å².